The lowest BCUT2D eigenvalue weighted by Gasteiger charge is -2.05. The van der Waals surface area contributed by atoms with Gasteiger partial charge in [0.15, 0.2) is 0 Å². The number of carbonyl (C=O) groups excluding carboxylic acids is 1. The van der Waals surface area contributed by atoms with Gasteiger partial charge in [-0.3, -0.25) is 4.79 Å². The first-order valence-corrected chi connectivity index (χ1v) is 7.10. The van der Waals surface area contributed by atoms with Gasteiger partial charge < -0.3 is 4.74 Å². The van der Waals surface area contributed by atoms with Crippen LogP contribution in [-0.4, -0.2) is 19.2 Å². The number of nitrogens with one attached hydrogen (secondary N) is 1. The molecule has 0 atom stereocenters. The van der Waals surface area contributed by atoms with Crippen molar-refractivity contribution >= 4 is 12.1 Å². The Morgan fingerprint density at radius 2 is 1.91 bits per heavy atom. The van der Waals surface area contributed by atoms with Gasteiger partial charge in [0.2, 0.25) is 5.91 Å². The summed E-state index contributed by atoms with van der Waals surface area (Å²) in [7, 11) is 1.63. The summed E-state index contributed by atoms with van der Waals surface area (Å²) in [5.74, 6) is 0.661. The van der Waals surface area contributed by atoms with E-state index in [0.29, 0.717) is 6.42 Å². The molecule has 4 heteroatoms. The fourth-order valence-corrected chi connectivity index (χ4v) is 2.03. The van der Waals surface area contributed by atoms with E-state index >= 15 is 0 Å². The van der Waals surface area contributed by atoms with Crippen LogP contribution in [0.2, 0.25) is 0 Å². The molecular formula is C18H20N2O2. The van der Waals surface area contributed by atoms with E-state index in [1.807, 2.05) is 56.3 Å². The van der Waals surface area contributed by atoms with Crippen molar-refractivity contribution in [2.24, 2.45) is 5.10 Å². The molecule has 2 aromatic rings. The fraction of sp³-hybridized carbons (Fsp3) is 0.222. The molecule has 0 radical (unpaired) electrons. The van der Waals surface area contributed by atoms with Crippen LogP contribution in [0, 0.1) is 13.8 Å². The summed E-state index contributed by atoms with van der Waals surface area (Å²) < 4.78 is 5.25. The molecule has 0 aliphatic heterocycles. The summed E-state index contributed by atoms with van der Waals surface area (Å²) in [6.45, 7) is 3.99. The van der Waals surface area contributed by atoms with Gasteiger partial charge in [0.05, 0.1) is 19.7 Å². The number of hydrogen-bond donors (Lipinski definition) is 1. The van der Waals surface area contributed by atoms with Crippen LogP contribution in [0.15, 0.2) is 47.6 Å². The Morgan fingerprint density at radius 3 is 2.59 bits per heavy atom. The van der Waals surface area contributed by atoms with Crippen LogP contribution in [0.25, 0.3) is 0 Å². The second-order valence-corrected chi connectivity index (χ2v) is 5.18. The maximum atomic E-state index is 11.8. The number of amides is 1. The van der Waals surface area contributed by atoms with E-state index in [-0.39, 0.29) is 5.91 Å². The first-order chi connectivity index (χ1) is 10.6. The smallest absolute Gasteiger partial charge is 0.244 e. The molecule has 2 aromatic carbocycles. The second-order valence-electron chi connectivity index (χ2n) is 5.18. The zero-order valence-electron chi connectivity index (χ0n) is 13.1. The molecule has 0 aromatic heterocycles. The Morgan fingerprint density at radius 1 is 1.18 bits per heavy atom. The van der Waals surface area contributed by atoms with E-state index < -0.39 is 0 Å². The minimum atomic E-state index is -0.140. The normalized spacial score (nSPS) is 10.7. The third-order valence-electron chi connectivity index (χ3n) is 3.32. The molecule has 114 valence electrons. The number of rotatable bonds is 5. The third kappa shape index (κ3) is 4.45. The lowest BCUT2D eigenvalue weighted by atomic mass is 10.1. The van der Waals surface area contributed by atoms with E-state index in [4.69, 9.17) is 4.74 Å². The van der Waals surface area contributed by atoms with E-state index in [0.717, 1.165) is 22.4 Å². The molecule has 0 saturated carbocycles. The molecule has 0 fully saturated rings. The van der Waals surface area contributed by atoms with Crippen LogP contribution in [0.3, 0.4) is 0 Å². The van der Waals surface area contributed by atoms with Crippen LogP contribution in [-0.2, 0) is 11.2 Å². The number of hydrazone groups is 1. The number of aryl methyl sites for hydroxylation is 2. The topological polar surface area (TPSA) is 50.7 Å². The lowest BCUT2D eigenvalue weighted by Crippen LogP contribution is -2.19. The molecule has 1 amide bonds. The average molecular weight is 296 g/mol. The predicted octanol–water partition coefficient (Wildman–Crippen LogP) is 3.00. The monoisotopic (exact) mass is 296 g/mol. The van der Waals surface area contributed by atoms with Crippen LogP contribution >= 0.6 is 0 Å². The summed E-state index contributed by atoms with van der Waals surface area (Å²) in [5.41, 5.74) is 6.61. The first-order valence-electron chi connectivity index (χ1n) is 7.10. The number of methoxy groups -OCH3 is 1. The zero-order chi connectivity index (χ0) is 15.9. The molecule has 0 aliphatic rings. The van der Waals surface area contributed by atoms with Crippen molar-refractivity contribution < 1.29 is 9.53 Å². The van der Waals surface area contributed by atoms with Crippen molar-refractivity contribution in [3.8, 4) is 5.75 Å². The van der Waals surface area contributed by atoms with Crippen LogP contribution in [0.1, 0.15) is 22.3 Å². The largest absolute Gasteiger partial charge is 0.496 e. The van der Waals surface area contributed by atoms with Gasteiger partial charge in [-0.25, -0.2) is 5.43 Å². The maximum absolute atomic E-state index is 11.8. The third-order valence-corrected chi connectivity index (χ3v) is 3.32. The fourth-order valence-electron chi connectivity index (χ4n) is 2.03. The van der Waals surface area contributed by atoms with Crippen LogP contribution in [0.5, 0.6) is 5.75 Å². The number of nitrogens with zero attached hydrogens (tertiary/aromatic N) is 1. The summed E-state index contributed by atoms with van der Waals surface area (Å²) in [6, 6.07) is 13.6. The minimum absolute atomic E-state index is 0.140. The van der Waals surface area contributed by atoms with Crippen molar-refractivity contribution in [3.63, 3.8) is 0 Å². The number of ether oxygens (including phenoxy) is 1. The molecule has 0 heterocycles. The predicted molar refractivity (Wildman–Crippen MR) is 88.4 cm³/mol. The number of carbonyl (C=O) groups is 1. The van der Waals surface area contributed by atoms with Crippen molar-refractivity contribution in [1.82, 2.24) is 5.43 Å². The minimum Gasteiger partial charge on any atom is -0.496 e. The standard InChI is InChI=1S/C18H20N2O2/c1-13-4-7-15(8-5-13)11-18(21)20-19-12-16-9-6-14(2)17(10-16)22-3/h4-10,12H,11H2,1-3H3,(H,20,21)/b19-12+. The van der Waals surface area contributed by atoms with Crippen molar-refractivity contribution in [1.29, 1.82) is 0 Å². The summed E-state index contributed by atoms with van der Waals surface area (Å²) >= 11 is 0. The highest BCUT2D eigenvalue weighted by atomic mass is 16.5. The maximum Gasteiger partial charge on any atom is 0.244 e. The Labute approximate surface area is 130 Å². The van der Waals surface area contributed by atoms with Gasteiger partial charge in [-0.05, 0) is 36.6 Å². The van der Waals surface area contributed by atoms with Gasteiger partial charge >= 0.3 is 0 Å². The van der Waals surface area contributed by atoms with Crippen LogP contribution in [0.4, 0.5) is 0 Å². The molecule has 0 saturated heterocycles. The lowest BCUT2D eigenvalue weighted by molar-refractivity contribution is -0.120. The van der Waals surface area contributed by atoms with E-state index in [1.54, 1.807) is 13.3 Å². The Bertz CT molecular complexity index is 676. The second kappa shape index (κ2) is 7.41. The molecule has 0 spiro atoms. The first kappa shape index (κ1) is 15.8. The average Bonchev–Trinajstić information content (AvgIpc) is 2.51. The molecule has 0 bridgehead atoms. The molecule has 1 N–H and O–H groups in total. The van der Waals surface area contributed by atoms with Gasteiger partial charge in [-0.1, -0.05) is 42.0 Å². The van der Waals surface area contributed by atoms with Crippen molar-refractivity contribution in [2.75, 3.05) is 7.11 Å². The molecule has 22 heavy (non-hydrogen) atoms. The number of benzene rings is 2. The van der Waals surface area contributed by atoms with Crippen LogP contribution < -0.4 is 10.2 Å². The van der Waals surface area contributed by atoms with Gasteiger partial charge in [0.1, 0.15) is 5.75 Å². The Kier molecular flexibility index (Phi) is 5.31. The summed E-state index contributed by atoms with van der Waals surface area (Å²) in [5, 5.41) is 3.98. The summed E-state index contributed by atoms with van der Waals surface area (Å²) in [4.78, 5) is 11.8. The van der Waals surface area contributed by atoms with Gasteiger partial charge in [0.25, 0.3) is 0 Å². The highest BCUT2D eigenvalue weighted by molar-refractivity contribution is 5.83. The quantitative estimate of drug-likeness (QED) is 0.681. The van der Waals surface area contributed by atoms with Gasteiger partial charge in [-0.15, -0.1) is 0 Å². The SMILES string of the molecule is COc1cc(/C=N/NC(=O)Cc2ccc(C)cc2)ccc1C. The van der Waals surface area contributed by atoms with Gasteiger partial charge in [-0.2, -0.15) is 5.10 Å². The molecule has 0 aliphatic carbocycles. The highest BCUT2D eigenvalue weighted by Gasteiger charge is 2.02. The van der Waals surface area contributed by atoms with E-state index in [2.05, 4.69) is 10.5 Å². The van der Waals surface area contributed by atoms with E-state index in [9.17, 15) is 4.79 Å². The molecule has 0 unspecified atom stereocenters. The molecular weight excluding hydrogens is 276 g/mol. The van der Waals surface area contributed by atoms with Crippen molar-refractivity contribution in [2.45, 2.75) is 20.3 Å². The van der Waals surface area contributed by atoms with Crippen molar-refractivity contribution in [3.05, 3.63) is 64.7 Å². The zero-order valence-corrected chi connectivity index (χ0v) is 13.1. The molecule has 2 rings (SSSR count). The molecule has 4 nitrogen and oxygen atoms in total. The Hall–Kier alpha value is -2.62. The van der Waals surface area contributed by atoms with Gasteiger partial charge in [0, 0.05) is 0 Å². The van der Waals surface area contributed by atoms with E-state index in [1.165, 1.54) is 5.56 Å². The highest BCUT2D eigenvalue weighted by Crippen LogP contribution is 2.17. The number of hydrogen-bond acceptors (Lipinski definition) is 3. The Balaban J connectivity index is 1.91. The summed E-state index contributed by atoms with van der Waals surface area (Å²) in [6.07, 6.45) is 1.92.